The van der Waals surface area contributed by atoms with E-state index in [0.717, 1.165) is 25.8 Å². The lowest BCUT2D eigenvalue weighted by atomic mass is 10.1. The summed E-state index contributed by atoms with van der Waals surface area (Å²) in [4.78, 5) is 26.5. The Morgan fingerprint density at radius 2 is 1.85 bits per heavy atom. The van der Waals surface area contributed by atoms with Crippen molar-refractivity contribution in [2.24, 2.45) is 0 Å². The summed E-state index contributed by atoms with van der Waals surface area (Å²) in [7, 11) is 0. The number of likely N-dealkylation sites (tertiary alicyclic amines) is 1. The van der Waals surface area contributed by atoms with E-state index in [1.807, 2.05) is 13.0 Å². The molecule has 0 unspecified atom stereocenters. The zero-order valence-electron chi connectivity index (χ0n) is 16.1. The van der Waals surface area contributed by atoms with Gasteiger partial charge in [0.15, 0.2) is 0 Å². The lowest BCUT2D eigenvalue weighted by molar-refractivity contribution is -0.116. The van der Waals surface area contributed by atoms with Gasteiger partial charge in [0.25, 0.3) is 5.91 Å². The highest BCUT2D eigenvalue weighted by Gasteiger charge is 2.09. The third-order valence-corrected chi connectivity index (χ3v) is 4.77. The van der Waals surface area contributed by atoms with E-state index >= 15 is 0 Å². The normalized spacial score (nSPS) is 15.3. The average molecular weight is 360 g/mol. The molecule has 1 saturated heterocycles. The van der Waals surface area contributed by atoms with Crippen molar-refractivity contribution in [2.75, 3.05) is 31.5 Å². The van der Waals surface area contributed by atoms with E-state index in [0.29, 0.717) is 24.2 Å². The molecule has 0 saturated carbocycles. The van der Waals surface area contributed by atoms with Gasteiger partial charge in [-0.25, -0.2) is 0 Å². The minimum absolute atomic E-state index is 0.0152. The summed E-state index contributed by atoms with van der Waals surface area (Å²) in [5, 5.41) is 5.82. The minimum atomic E-state index is -0.0774. The number of nitrogens with zero attached hydrogens (tertiary/aromatic N) is 1. The first-order chi connectivity index (χ1) is 12.7. The topological polar surface area (TPSA) is 61.4 Å². The van der Waals surface area contributed by atoms with Crippen molar-refractivity contribution in [2.45, 2.75) is 58.3 Å². The van der Waals surface area contributed by atoms with Crippen molar-refractivity contribution >= 4 is 17.5 Å². The molecule has 0 aliphatic carbocycles. The molecule has 0 radical (unpaired) electrons. The van der Waals surface area contributed by atoms with Crippen LogP contribution in [0.5, 0.6) is 0 Å². The number of hydrogen-bond donors (Lipinski definition) is 2. The number of unbranched alkanes of at least 4 members (excludes halogenated alkanes) is 1. The first-order valence-corrected chi connectivity index (χ1v) is 10.1. The fourth-order valence-corrected chi connectivity index (χ4v) is 3.31. The summed E-state index contributed by atoms with van der Waals surface area (Å²) < 4.78 is 0. The first-order valence-electron chi connectivity index (χ1n) is 10.1. The summed E-state index contributed by atoms with van der Waals surface area (Å²) in [6.07, 6.45) is 8.79. The van der Waals surface area contributed by atoms with Gasteiger partial charge < -0.3 is 15.5 Å². The van der Waals surface area contributed by atoms with Crippen LogP contribution in [0.25, 0.3) is 0 Å². The Hall–Kier alpha value is -1.88. The van der Waals surface area contributed by atoms with E-state index in [1.165, 1.54) is 38.8 Å². The standard InChI is InChI=1S/C21H33N3O2/c1-2-10-20(25)23-19-12-9-11-18(17-19)21(26)22-13-5-8-16-24-14-6-3-4-7-15-24/h9,11-12,17H,2-8,10,13-16H2,1H3,(H,22,26)(H,23,25). The summed E-state index contributed by atoms with van der Waals surface area (Å²) in [6.45, 7) is 6.25. The van der Waals surface area contributed by atoms with Gasteiger partial charge in [0.2, 0.25) is 5.91 Å². The zero-order chi connectivity index (χ0) is 18.6. The Morgan fingerprint density at radius 3 is 2.58 bits per heavy atom. The maximum absolute atomic E-state index is 12.3. The van der Waals surface area contributed by atoms with Crippen LogP contribution in [0.3, 0.4) is 0 Å². The number of hydrogen-bond acceptors (Lipinski definition) is 3. The molecule has 1 fully saturated rings. The van der Waals surface area contributed by atoms with E-state index in [4.69, 9.17) is 0 Å². The molecule has 0 bridgehead atoms. The average Bonchev–Trinajstić information content (AvgIpc) is 2.90. The highest BCUT2D eigenvalue weighted by atomic mass is 16.2. The maximum atomic E-state index is 12.3. The van der Waals surface area contributed by atoms with E-state index in [1.54, 1.807) is 18.2 Å². The lowest BCUT2D eigenvalue weighted by Crippen LogP contribution is -2.28. The van der Waals surface area contributed by atoms with Crippen LogP contribution in [0.1, 0.15) is 68.6 Å². The molecule has 1 aliphatic rings. The Labute approximate surface area is 157 Å². The van der Waals surface area contributed by atoms with Crippen molar-refractivity contribution in [1.29, 1.82) is 0 Å². The third-order valence-electron chi connectivity index (χ3n) is 4.77. The molecule has 5 nitrogen and oxygen atoms in total. The molecule has 0 aromatic heterocycles. The second-order valence-corrected chi connectivity index (χ2v) is 7.10. The number of anilines is 1. The molecule has 2 rings (SSSR count). The fraction of sp³-hybridized carbons (Fsp3) is 0.619. The molecule has 1 heterocycles. The van der Waals surface area contributed by atoms with Crippen LogP contribution in [0.15, 0.2) is 24.3 Å². The van der Waals surface area contributed by atoms with Gasteiger partial charge in [0.1, 0.15) is 0 Å². The molecule has 5 heteroatoms. The highest BCUT2D eigenvalue weighted by molar-refractivity contribution is 5.97. The molecule has 2 amide bonds. The number of carbonyl (C=O) groups is 2. The van der Waals surface area contributed by atoms with Gasteiger partial charge in [0.05, 0.1) is 0 Å². The van der Waals surface area contributed by atoms with Crippen LogP contribution in [0.2, 0.25) is 0 Å². The van der Waals surface area contributed by atoms with Crippen molar-refractivity contribution in [3.05, 3.63) is 29.8 Å². The van der Waals surface area contributed by atoms with Gasteiger partial charge in [-0.3, -0.25) is 9.59 Å². The van der Waals surface area contributed by atoms with Crippen LogP contribution in [-0.2, 0) is 4.79 Å². The van der Waals surface area contributed by atoms with Crippen molar-refractivity contribution in [1.82, 2.24) is 10.2 Å². The van der Waals surface area contributed by atoms with Crippen molar-refractivity contribution in [3.63, 3.8) is 0 Å². The predicted octanol–water partition coefficient (Wildman–Crippen LogP) is 3.81. The number of nitrogens with one attached hydrogen (secondary N) is 2. The molecule has 1 aromatic rings. The maximum Gasteiger partial charge on any atom is 0.251 e. The SMILES string of the molecule is CCCC(=O)Nc1cccc(C(=O)NCCCCN2CCCCCC2)c1. The van der Waals surface area contributed by atoms with Crippen LogP contribution in [0, 0.1) is 0 Å². The van der Waals surface area contributed by atoms with Gasteiger partial charge in [-0.2, -0.15) is 0 Å². The van der Waals surface area contributed by atoms with Gasteiger partial charge in [-0.1, -0.05) is 25.8 Å². The Balaban J connectivity index is 1.68. The molecule has 1 aliphatic heterocycles. The van der Waals surface area contributed by atoms with Crippen LogP contribution >= 0.6 is 0 Å². The van der Waals surface area contributed by atoms with E-state index in [2.05, 4.69) is 15.5 Å². The summed E-state index contributed by atoms with van der Waals surface area (Å²) in [5.74, 6) is -0.0927. The molecule has 0 atom stereocenters. The van der Waals surface area contributed by atoms with Crippen molar-refractivity contribution < 1.29 is 9.59 Å². The van der Waals surface area contributed by atoms with Gasteiger partial charge >= 0.3 is 0 Å². The van der Waals surface area contributed by atoms with Crippen molar-refractivity contribution in [3.8, 4) is 0 Å². The van der Waals surface area contributed by atoms with Gasteiger partial charge in [-0.05, 0) is 69.9 Å². The minimum Gasteiger partial charge on any atom is -0.352 e. The first kappa shape index (κ1) is 20.4. The predicted molar refractivity (Wildman–Crippen MR) is 106 cm³/mol. The van der Waals surface area contributed by atoms with Crippen LogP contribution in [-0.4, -0.2) is 42.9 Å². The molecular weight excluding hydrogens is 326 g/mol. The monoisotopic (exact) mass is 359 g/mol. The van der Waals surface area contributed by atoms with E-state index < -0.39 is 0 Å². The fourth-order valence-electron chi connectivity index (χ4n) is 3.31. The quantitative estimate of drug-likeness (QED) is 0.659. The summed E-state index contributed by atoms with van der Waals surface area (Å²) in [5.41, 5.74) is 1.27. The Bertz CT molecular complexity index is 566. The van der Waals surface area contributed by atoms with Gasteiger partial charge in [-0.15, -0.1) is 0 Å². The molecule has 144 valence electrons. The lowest BCUT2D eigenvalue weighted by Gasteiger charge is -2.19. The molecule has 0 spiro atoms. The number of rotatable bonds is 9. The largest absolute Gasteiger partial charge is 0.352 e. The number of carbonyl (C=O) groups excluding carboxylic acids is 2. The van der Waals surface area contributed by atoms with Crippen LogP contribution < -0.4 is 10.6 Å². The number of benzene rings is 1. The molecular formula is C21H33N3O2. The second-order valence-electron chi connectivity index (χ2n) is 7.10. The molecule has 26 heavy (non-hydrogen) atoms. The third kappa shape index (κ3) is 7.56. The molecule has 2 N–H and O–H groups in total. The summed E-state index contributed by atoms with van der Waals surface area (Å²) in [6, 6.07) is 7.13. The molecule has 1 aromatic carbocycles. The van der Waals surface area contributed by atoms with Gasteiger partial charge in [0, 0.05) is 24.2 Å². The second kappa shape index (κ2) is 11.7. The summed E-state index contributed by atoms with van der Waals surface area (Å²) >= 11 is 0. The Kier molecular flexibility index (Phi) is 9.18. The Morgan fingerprint density at radius 1 is 1.08 bits per heavy atom. The van der Waals surface area contributed by atoms with E-state index in [-0.39, 0.29) is 11.8 Å². The zero-order valence-corrected chi connectivity index (χ0v) is 16.1. The number of amides is 2. The smallest absolute Gasteiger partial charge is 0.251 e. The van der Waals surface area contributed by atoms with E-state index in [9.17, 15) is 9.59 Å². The highest BCUT2D eigenvalue weighted by Crippen LogP contribution is 2.12. The van der Waals surface area contributed by atoms with Crippen LogP contribution in [0.4, 0.5) is 5.69 Å².